The quantitative estimate of drug-likeness (QED) is 0.745. The molecule has 0 bridgehead atoms. The second kappa shape index (κ2) is 6.86. The van der Waals surface area contributed by atoms with E-state index in [9.17, 15) is 4.79 Å². The zero-order chi connectivity index (χ0) is 16.3. The van der Waals surface area contributed by atoms with Gasteiger partial charge in [-0.2, -0.15) is 0 Å². The number of pyridine rings is 1. The van der Waals surface area contributed by atoms with E-state index in [1.54, 1.807) is 4.90 Å². The van der Waals surface area contributed by atoms with Crippen LogP contribution in [-0.2, 0) is 4.74 Å². The smallest absolute Gasteiger partial charge is 0.410 e. The molecule has 5 nitrogen and oxygen atoms in total. The van der Waals surface area contributed by atoms with Gasteiger partial charge in [0.05, 0.1) is 6.04 Å². The number of halogens is 1. The fourth-order valence-corrected chi connectivity index (χ4v) is 2.87. The first-order valence-corrected chi connectivity index (χ1v) is 8.39. The Kier molecular flexibility index (Phi) is 5.32. The fourth-order valence-electron chi connectivity index (χ4n) is 2.54. The summed E-state index contributed by atoms with van der Waals surface area (Å²) >= 11 is 3.41. The number of hydrogen-bond donors (Lipinski definition) is 0. The van der Waals surface area contributed by atoms with E-state index >= 15 is 0 Å². The molecule has 0 aliphatic carbocycles. The van der Waals surface area contributed by atoms with Crippen LogP contribution in [0.3, 0.4) is 0 Å². The second-order valence-electron chi connectivity index (χ2n) is 6.65. The zero-order valence-corrected chi connectivity index (χ0v) is 15.3. The highest BCUT2D eigenvalue weighted by Crippen LogP contribution is 2.23. The van der Waals surface area contributed by atoms with Crippen molar-refractivity contribution in [3.8, 4) is 0 Å². The van der Waals surface area contributed by atoms with Crippen LogP contribution in [-0.4, -0.2) is 47.8 Å². The molecule has 0 radical (unpaired) electrons. The van der Waals surface area contributed by atoms with E-state index in [4.69, 9.17) is 4.74 Å². The molecule has 1 atom stereocenters. The number of hydrogen-bond acceptors (Lipinski definition) is 4. The number of carbonyl (C=O) groups is 1. The molecular formula is C16H24BrN3O2. The third kappa shape index (κ3) is 4.60. The summed E-state index contributed by atoms with van der Waals surface area (Å²) in [6.45, 7) is 7.40. The maximum atomic E-state index is 12.2. The van der Waals surface area contributed by atoms with Gasteiger partial charge in [-0.25, -0.2) is 9.78 Å². The minimum Gasteiger partial charge on any atom is -0.444 e. The van der Waals surface area contributed by atoms with Gasteiger partial charge in [-0.3, -0.25) is 0 Å². The lowest BCUT2D eigenvalue weighted by Gasteiger charge is -2.38. The zero-order valence-electron chi connectivity index (χ0n) is 13.7. The molecule has 0 N–H and O–H groups in total. The Balaban J connectivity index is 2.02. The van der Waals surface area contributed by atoms with Crippen molar-refractivity contribution in [3.05, 3.63) is 22.8 Å². The lowest BCUT2D eigenvalue weighted by molar-refractivity contribution is 0.0209. The van der Waals surface area contributed by atoms with E-state index < -0.39 is 5.60 Å². The molecule has 1 aliphatic heterocycles. The van der Waals surface area contributed by atoms with Gasteiger partial charge >= 0.3 is 6.09 Å². The summed E-state index contributed by atoms with van der Waals surface area (Å²) in [5, 5.41) is 0. The Morgan fingerprint density at radius 2 is 2.18 bits per heavy atom. The lowest BCUT2D eigenvalue weighted by atomic mass is 10.0. The number of rotatable bonds is 2. The van der Waals surface area contributed by atoms with Crippen molar-refractivity contribution in [2.75, 3.05) is 25.0 Å². The van der Waals surface area contributed by atoms with Crippen LogP contribution in [0.5, 0.6) is 0 Å². The number of nitrogens with zero attached hydrogens (tertiary/aromatic N) is 3. The first kappa shape index (κ1) is 17.1. The van der Waals surface area contributed by atoms with Gasteiger partial charge in [0.25, 0.3) is 0 Å². The molecule has 1 aromatic rings. The Bertz CT molecular complexity index is 530. The van der Waals surface area contributed by atoms with Crippen LogP contribution >= 0.6 is 15.9 Å². The standard InChI is InChI=1S/C16H24BrN3O2/c1-16(2,3)22-15(21)19(4)12-7-6-10-20(11-12)14-9-5-8-13(17)18-14/h5,8-9,12H,6-7,10-11H2,1-4H3. The first-order valence-electron chi connectivity index (χ1n) is 7.59. The third-order valence-corrected chi connectivity index (χ3v) is 4.09. The van der Waals surface area contributed by atoms with E-state index in [0.29, 0.717) is 0 Å². The van der Waals surface area contributed by atoms with Crippen LogP contribution in [0.2, 0.25) is 0 Å². The van der Waals surface area contributed by atoms with E-state index in [0.717, 1.165) is 36.4 Å². The molecule has 0 saturated carbocycles. The SMILES string of the molecule is CN(C(=O)OC(C)(C)C)C1CCCN(c2cccc(Br)n2)C1. The lowest BCUT2D eigenvalue weighted by Crippen LogP contribution is -2.50. The summed E-state index contributed by atoms with van der Waals surface area (Å²) in [5.41, 5.74) is -0.467. The van der Waals surface area contributed by atoms with Gasteiger partial charge in [0.15, 0.2) is 0 Å². The van der Waals surface area contributed by atoms with Gasteiger partial charge in [-0.1, -0.05) is 6.07 Å². The molecule has 2 rings (SSSR count). The van der Waals surface area contributed by atoms with Crippen molar-refractivity contribution in [2.45, 2.75) is 45.3 Å². The minimum absolute atomic E-state index is 0.143. The summed E-state index contributed by atoms with van der Waals surface area (Å²) < 4.78 is 6.28. The predicted octanol–water partition coefficient (Wildman–Crippen LogP) is 3.68. The highest BCUT2D eigenvalue weighted by molar-refractivity contribution is 9.10. The van der Waals surface area contributed by atoms with Crippen LogP contribution in [0.4, 0.5) is 10.6 Å². The fraction of sp³-hybridized carbons (Fsp3) is 0.625. The highest BCUT2D eigenvalue weighted by Gasteiger charge is 2.29. The van der Waals surface area contributed by atoms with Crippen molar-refractivity contribution in [3.63, 3.8) is 0 Å². The molecule has 1 saturated heterocycles. The van der Waals surface area contributed by atoms with E-state index in [1.807, 2.05) is 46.0 Å². The third-order valence-electron chi connectivity index (χ3n) is 3.65. The Morgan fingerprint density at radius 3 is 2.82 bits per heavy atom. The van der Waals surface area contributed by atoms with E-state index in [-0.39, 0.29) is 12.1 Å². The summed E-state index contributed by atoms with van der Waals surface area (Å²) in [6.07, 6.45) is 1.76. The van der Waals surface area contributed by atoms with Crippen molar-refractivity contribution < 1.29 is 9.53 Å². The summed E-state index contributed by atoms with van der Waals surface area (Å²) in [6, 6.07) is 6.04. The van der Waals surface area contributed by atoms with Crippen molar-refractivity contribution in [2.24, 2.45) is 0 Å². The molecule has 6 heteroatoms. The molecule has 22 heavy (non-hydrogen) atoms. The number of likely N-dealkylation sites (N-methyl/N-ethyl adjacent to an activating group) is 1. The van der Waals surface area contributed by atoms with Gasteiger partial charge in [0.2, 0.25) is 0 Å². The van der Waals surface area contributed by atoms with Crippen molar-refractivity contribution in [1.82, 2.24) is 9.88 Å². The van der Waals surface area contributed by atoms with Gasteiger partial charge < -0.3 is 14.5 Å². The molecule has 0 spiro atoms. The highest BCUT2D eigenvalue weighted by atomic mass is 79.9. The minimum atomic E-state index is -0.467. The normalized spacial score (nSPS) is 19.0. The number of piperidine rings is 1. The molecule has 122 valence electrons. The first-order chi connectivity index (χ1) is 10.3. The number of aromatic nitrogens is 1. The van der Waals surface area contributed by atoms with Crippen molar-refractivity contribution >= 4 is 27.8 Å². The predicted molar refractivity (Wildman–Crippen MR) is 91.2 cm³/mol. The molecule has 1 amide bonds. The van der Waals surface area contributed by atoms with Gasteiger partial charge in [0.1, 0.15) is 16.0 Å². The molecule has 0 aromatic carbocycles. The van der Waals surface area contributed by atoms with Gasteiger partial charge in [-0.05, 0) is 61.7 Å². The van der Waals surface area contributed by atoms with Gasteiger partial charge in [-0.15, -0.1) is 0 Å². The Labute approximate surface area is 140 Å². The van der Waals surface area contributed by atoms with E-state index in [2.05, 4.69) is 25.8 Å². The number of amides is 1. The monoisotopic (exact) mass is 369 g/mol. The van der Waals surface area contributed by atoms with E-state index in [1.165, 1.54) is 0 Å². The van der Waals surface area contributed by atoms with Crippen LogP contribution < -0.4 is 4.90 Å². The van der Waals surface area contributed by atoms with Crippen LogP contribution in [0.1, 0.15) is 33.6 Å². The largest absolute Gasteiger partial charge is 0.444 e. The topological polar surface area (TPSA) is 45.7 Å². The van der Waals surface area contributed by atoms with Crippen molar-refractivity contribution in [1.29, 1.82) is 0 Å². The molecule has 1 unspecified atom stereocenters. The summed E-state index contributed by atoms with van der Waals surface area (Å²) in [7, 11) is 1.82. The average molecular weight is 370 g/mol. The number of carbonyl (C=O) groups excluding carboxylic acids is 1. The molecule has 1 fully saturated rings. The average Bonchev–Trinajstić information content (AvgIpc) is 2.45. The second-order valence-corrected chi connectivity index (χ2v) is 7.46. The molecule has 1 aliphatic rings. The maximum absolute atomic E-state index is 12.2. The summed E-state index contributed by atoms with van der Waals surface area (Å²) in [5.74, 6) is 0.941. The number of ether oxygens (including phenoxy) is 1. The Morgan fingerprint density at radius 1 is 1.45 bits per heavy atom. The van der Waals surface area contributed by atoms with Gasteiger partial charge in [0, 0.05) is 20.1 Å². The maximum Gasteiger partial charge on any atom is 0.410 e. The molecular weight excluding hydrogens is 346 g/mol. The van der Waals surface area contributed by atoms with Crippen LogP contribution in [0.15, 0.2) is 22.8 Å². The molecule has 1 aromatic heterocycles. The Hall–Kier alpha value is -1.30. The summed E-state index contributed by atoms with van der Waals surface area (Å²) in [4.78, 5) is 20.7. The van der Waals surface area contributed by atoms with Crippen LogP contribution in [0.25, 0.3) is 0 Å². The number of anilines is 1. The van der Waals surface area contributed by atoms with Crippen LogP contribution in [0, 0.1) is 0 Å². The molecule has 2 heterocycles.